The Hall–Kier alpha value is -2.05. The van der Waals surface area contributed by atoms with Crippen LogP contribution < -0.4 is 11.1 Å². The summed E-state index contributed by atoms with van der Waals surface area (Å²) in [6.07, 6.45) is 0. The molecule has 0 radical (unpaired) electrons. The number of aromatic nitrogens is 1. The molecule has 0 bridgehead atoms. The summed E-state index contributed by atoms with van der Waals surface area (Å²) in [5, 5.41) is 12.3. The van der Waals surface area contributed by atoms with E-state index in [0.717, 1.165) is 10.9 Å². The Morgan fingerprint density at radius 3 is 2.84 bits per heavy atom. The van der Waals surface area contributed by atoms with Crippen molar-refractivity contribution in [2.24, 2.45) is 5.73 Å². The van der Waals surface area contributed by atoms with Crippen molar-refractivity contribution in [3.63, 3.8) is 0 Å². The highest BCUT2D eigenvalue weighted by Crippen LogP contribution is 2.23. The highest BCUT2D eigenvalue weighted by atomic mass is 35.5. The molecule has 0 saturated heterocycles. The van der Waals surface area contributed by atoms with Gasteiger partial charge in [0.2, 0.25) is 0 Å². The SMILES string of the molecule is NC(CNC(=O)c1cc2c(Cl)cccc2[nH]1)C(=O)O. The van der Waals surface area contributed by atoms with Crippen molar-refractivity contribution in [3.05, 3.63) is 35.0 Å². The Kier molecular flexibility index (Phi) is 3.73. The lowest BCUT2D eigenvalue weighted by atomic mass is 10.2. The second-order valence-electron chi connectivity index (χ2n) is 4.04. The average molecular weight is 282 g/mol. The lowest BCUT2D eigenvalue weighted by Crippen LogP contribution is -2.42. The molecular weight excluding hydrogens is 270 g/mol. The van der Waals surface area contributed by atoms with Crippen molar-refractivity contribution in [1.29, 1.82) is 0 Å². The van der Waals surface area contributed by atoms with E-state index in [0.29, 0.717) is 10.7 Å². The minimum absolute atomic E-state index is 0.142. The van der Waals surface area contributed by atoms with Crippen molar-refractivity contribution in [2.75, 3.05) is 6.54 Å². The maximum atomic E-state index is 11.8. The summed E-state index contributed by atoms with van der Waals surface area (Å²) in [5.41, 5.74) is 6.34. The molecule has 1 aromatic carbocycles. The summed E-state index contributed by atoms with van der Waals surface area (Å²) < 4.78 is 0. The van der Waals surface area contributed by atoms with Gasteiger partial charge < -0.3 is 21.1 Å². The van der Waals surface area contributed by atoms with Gasteiger partial charge >= 0.3 is 5.97 Å². The number of hydrogen-bond acceptors (Lipinski definition) is 3. The highest BCUT2D eigenvalue weighted by Gasteiger charge is 2.15. The van der Waals surface area contributed by atoms with Crippen LogP contribution in [0.15, 0.2) is 24.3 Å². The molecule has 1 heterocycles. The zero-order valence-corrected chi connectivity index (χ0v) is 10.6. The topological polar surface area (TPSA) is 108 Å². The fourth-order valence-electron chi connectivity index (χ4n) is 1.63. The van der Waals surface area contributed by atoms with Crippen molar-refractivity contribution in [1.82, 2.24) is 10.3 Å². The number of nitrogens with one attached hydrogen (secondary N) is 2. The number of aliphatic carboxylic acids is 1. The lowest BCUT2D eigenvalue weighted by Gasteiger charge is -2.07. The van der Waals surface area contributed by atoms with E-state index in [4.69, 9.17) is 22.4 Å². The van der Waals surface area contributed by atoms with E-state index in [-0.39, 0.29) is 6.54 Å². The first kappa shape index (κ1) is 13.4. The fourth-order valence-corrected chi connectivity index (χ4v) is 1.85. The van der Waals surface area contributed by atoms with E-state index < -0.39 is 17.9 Å². The van der Waals surface area contributed by atoms with Gasteiger partial charge in [-0.2, -0.15) is 0 Å². The summed E-state index contributed by atoms with van der Waals surface area (Å²) in [7, 11) is 0. The second kappa shape index (κ2) is 5.29. The van der Waals surface area contributed by atoms with E-state index in [9.17, 15) is 9.59 Å². The summed E-state index contributed by atoms with van der Waals surface area (Å²) in [5.74, 6) is -1.59. The summed E-state index contributed by atoms with van der Waals surface area (Å²) in [6, 6.07) is 5.76. The molecule has 19 heavy (non-hydrogen) atoms. The third-order valence-electron chi connectivity index (χ3n) is 2.66. The largest absolute Gasteiger partial charge is 0.480 e. The first-order valence-corrected chi connectivity index (χ1v) is 5.90. The van der Waals surface area contributed by atoms with Crippen LogP contribution in [-0.4, -0.2) is 34.6 Å². The predicted molar refractivity (Wildman–Crippen MR) is 71.3 cm³/mol. The summed E-state index contributed by atoms with van der Waals surface area (Å²) in [6.45, 7) is -0.142. The predicted octanol–water partition coefficient (Wildman–Crippen LogP) is 0.963. The molecule has 6 nitrogen and oxygen atoms in total. The van der Waals surface area contributed by atoms with Gasteiger partial charge in [0.25, 0.3) is 5.91 Å². The lowest BCUT2D eigenvalue weighted by molar-refractivity contribution is -0.138. The molecular formula is C12H12ClN3O3. The van der Waals surface area contributed by atoms with Crippen LogP contribution in [0.4, 0.5) is 0 Å². The van der Waals surface area contributed by atoms with Crippen LogP contribution in [0.1, 0.15) is 10.5 Å². The zero-order valence-electron chi connectivity index (χ0n) is 9.81. The molecule has 0 aliphatic carbocycles. The smallest absolute Gasteiger partial charge is 0.322 e. The van der Waals surface area contributed by atoms with Gasteiger partial charge in [0, 0.05) is 22.5 Å². The molecule has 0 saturated carbocycles. The van der Waals surface area contributed by atoms with Crippen LogP contribution in [0.2, 0.25) is 5.02 Å². The Labute approximate surface area is 113 Å². The molecule has 7 heteroatoms. The van der Waals surface area contributed by atoms with Crippen LogP contribution >= 0.6 is 11.6 Å². The van der Waals surface area contributed by atoms with Crippen LogP contribution in [0.5, 0.6) is 0 Å². The van der Waals surface area contributed by atoms with Gasteiger partial charge in [-0.15, -0.1) is 0 Å². The van der Waals surface area contributed by atoms with Gasteiger partial charge in [-0.1, -0.05) is 17.7 Å². The third-order valence-corrected chi connectivity index (χ3v) is 2.98. The van der Waals surface area contributed by atoms with Crippen molar-refractivity contribution in [2.45, 2.75) is 6.04 Å². The Bertz CT molecular complexity index is 638. The monoisotopic (exact) mass is 281 g/mol. The number of amides is 1. The van der Waals surface area contributed by atoms with Crippen molar-refractivity contribution < 1.29 is 14.7 Å². The minimum Gasteiger partial charge on any atom is -0.480 e. The summed E-state index contributed by atoms with van der Waals surface area (Å²) in [4.78, 5) is 25.3. The van der Waals surface area contributed by atoms with Gasteiger partial charge in [-0.3, -0.25) is 9.59 Å². The van der Waals surface area contributed by atoms with Gasteiger partial charge in [0.1, 0.15) is 11.7 Å². The number of carbonyl (C=O) groups excluding carboxylic acids is 1. The van der Waals surface area contributed by atoms with E-state index in [2.05, 4.69) is 10.3 Å². The van der Waals surface area contributed by atoms with E-state index in [1.54, 1.807) is 24.3 Å². The highest BCUT2D eigenvalue weighted by molar-refractivity contribution is 6.35. The molecule has 0 fully saturated rings. The molecule has 2 rings (SSSR count). The molecule has 1 aromatic heterocycles. The van der Waals surface area contributed by atoms with E-state index in [1.807, 2.05) is 0 Å². The quantitative estimate of drug-likeness (QED) is 0.669. The second-order valence-corrected chi connectivity index (χ2v) is 4.45. The van der Waals surface area contributed by atoms with Crippen LogP contribution in [-0.2, 0) is 4.79 Å². The number of aromatic amines is 1. The molecule has 5 N–H and O–H groups in total. The fraction of sp³-hybridized carbons (Fsp3) is 0.167. The number of nitrogens with two attached hydrogens (primary N) is 1. The first-order chi connectivity index (χ1) is 8.99. The maximum Gasteiger partial charge on any atom is 0.322 e. The Morgan fingerprint density at radius 1 is 1.47 bits per heavy atom. The van der Waals surface area contributed by atoms with Gasteiger partial charge in [0.15, 0.2) is 0 Å². The van der Waals surface area contributed by atoms with Gasteiger partial charge in [0.05, 0.1) is 0 Å². The number of rotatable bonds is 4. The zero-order chi connectivity index (χ0) is 14.0. The van der Waals surface area contributed by atoms with Gasteiger partial charge in [-0.25, -0.2) is 0 Å². The number of fused-ring (bicyclic) bond motifs is 1. The molecule has 1 amide bonds. The molecule has 0 aliphatic heterocycles. The molecule has 0 aliphatic rings. The van der Waals surface area contributed by atoms with Gasteiger partial charge in [-0.05, 0) is 18.2 Å². The number of benzene rings is 1. The Morgan fingerprint density at radius 2 is 2.21 bits per heavy atom. The molecule has 2 aromatic rings. The van der Waals surface area contributed by atoms with Crippen molar-refractivity contribution in [3.8, 4) is 0 Å². The minimum atomic E-state index is -1.17. The molecule has 1 atom stereocenters. The number of hydrogen-bond donors (Lipinski definition) is 4. The Balaban J connectivity index is 2.14. The number of H-pyrrole nitrogens is 1. The molecule has 100 valence electrons. The summed E-state index contributed by atoms with van der Waals surface area (Å²) >= 11 is 5.99. The molecule has 1 unspecified atom stereocenters. The van der Waals surface area contributed by atoms with Crippen LogP contribution in [0.25, 0.3) is 10.9 Å². The number of carbonyl (C=O) groups is 2. The van der Waals surface area contributed by atoms with Crippen LogP contribution in [0.3, 0.4) is 0 Å². The van der Waals surface area contributed by atoms with E-state index >= 15 is 0 Å². The van der Waals surface area contributed by atoms with Crippen molar-refractivity contribution >= 4 is 34.4 Å². The third kappa shape index (κ3) is 2.86. The maximum absolute atomic E-state index is 11.8. The van der Waals surface area contributed by atoms with E-state index in [1.165, 1.54) is 0 Å². The number of carboxylic acids is 1. The normalized spacial score (nSPS) is 12.3. The average Bonchev–Trinajstić information content (AvgIpc) is 2.80. The van der Waals surface area contributed by atoms with Crippen LogP contribution in [0, 0.1) is 0 Å². The first-order valence-electron chi connectivity index (χ1n) is 5.53. The number of halogens is 1. The number of carboxylic acid groups (broad SMARTS) is 1. The molecule has 0 spiro atoms. The standard InChI is InChI=1S/C12H12ClN3O3/c13-7-2-1-3-9-6(7)4-10(16-9)11(17)15-5-8(14)12(18)19/h1-4,8,16H,5,14H2,(H,15,17)(H,18,19).